The molecule has 0 aliphatic rings. The van der Waals surface area contributed by atoms with Crippen LogP contribution in [0.5, 0.6) is 0 Å². The van der Waals surface area contributed by atoms with Crippen LogP contribution in [0.2, 0.25) is 0 Å². The third kappa shape index (κ3) is 5.82. The average molecular weight is 655 g/mol. The lowest BCUT2D eigenvalue weighted by Crippen LogP contribution is -2.23. The Labute approximate surface area is 286 Å². The Morgan fingerprint density at radius 3 is 2.16 bits per heavy atom. The Morgan fingerprint density at radius 2 is 1.44 bits per heavy atom. The first-order chi connectivity index (χ1) is 24.5. The van der Waals surface area contributed by atoms with Gasteiger partial charge in [-0.25, -0.2) is 19.6 Å². The van der Waals surface area contributed by atoms with Gasteiger partial charge >= 0.3 is 0 Å². The van der Waals surface area contributed by atoms with Crippen molar-refractivity contribution in [1.82, 2.24) is 34.6 Å². The number of aromatic nitrogens is 6. The number of pyridine rings is 2. The Morgan fingerprint density at radius 1 is 0.740 bits per heavy atom. The number of aromatic amines is 1. The quantitative estimate of drug-likeness (QED) is 0.165. The van der Waals surface area contributed by atoms with E-state index >= 15 is 0 Å². The maximum Gasteiger partial charge on any atom is 0.271 e. The Kier molecular flexibility index (Phi) is 7.78. The van der Waals surface area contributed by atoms with Crippen LogP contribution in [0.15, 0.2) is 151 Å². The van der Waals surface area contributed by atoms with Gasteiger partial charge in [-0.3, -0.25) is 19.3 Å². The van der Waals surface area contributed by atoms with Crippen LogP contribution in [0.3, 0.4) is 0 Å². The van der Waals surface area contributed by atoms with E-state index in [9.17, 15) is 9.59 Å². The number of carbonyl (C=O) groups is 1. The molecule has 0 aliphatic carbocycles. The van der Waals surface area contributed by atoms with Crippen molar-refractivity contribution in [2.75, 3.05) is 5.73 Å². The molecule has 8 rings (SSSR count). The first-order valence-electron chi connectivity index (χ1n) is 16.0. The predicted octanol–water partition coefficient (Wildman–Crippen LogP) is 6.81. The lowest BCUT2D eigenvalue weighted by Gasteiger charge is -2.12. The number of nitrogen functional groups attached to an aromatic ring is 1. The number of hydrogen-bond donors (Lipinski definition) is 3. The van der Waals surface area contributed by atoms with Gasteiger partial charge in [0.1, 0.15) is 11.3 Å². The van der Waals surface area contributed by atoms with E-state index in [2.05, 4.69) is 15.4 Å². The molecule has 4 heterocycles. The van der Waals surface area contributed by atoms with Gasteiger partial charge in [-0.1, -0.05) is 72.8 Å². The van der Waals surface area contributed by atoms with Crippen LogP contribution >= 0.6 is 0 Å². The summed E-state index contributed by atoms with van der Waals surface area (Å²) in [6.45, 7) is 0.320. The molecule has 0 atom stereocenters. The second-order valence-corrected chi connectivity index (χ2v) is 11.7. The normalized spacial score (nSPS) is 11.1. The summed E-state index contributed by atoms with van der Waals surface area (Å²) >= 11 is 0. The summed E-state index contributed by atoms with van der Waals surface area (Å²) in [4.78, 5) is 40.0. The monoisotopic (exact) mass is 654 g/mol. The number of hydrogen-bond acceptors (Lipinski definition) is 6. The predicted molar refractivity (Wildman–Crippen MR) is 195 cm³/mol. The third-order valence-electron chi connectivity index (χ3n) is 8.49. The topological polar surface area (TPSA) is 137 Å². The first-order valence-corrected chi connectivity index (χ1v) is 16.0. The standard InChI is InChI=1S/C40H30N8O2/c41-37-32(12-7-23-42-37)38-45-34-22-21-33(27-8-3-1-4-9-27)44-39(34)47(38)30-17-13-26(14-18-30)25-43-40(50)29-15-19-31(20-16-29)48-36(49)24-35(46-48)28-10-5-2-6-11-28/h1-24,46H,25H2,(H2,41,42)(H,43,50). The van der Waals surface area contributed by atoms with Crippen LogP contribution in [-0.4, -0.2) is 35.2 Å². The van der Waals surface area contributed by atoms with Crippen molar-refractivity contribution in [3.63, 3.8) is 0 Å². The molecule has 50 heavy (non-hydrogen) atoms. The minimum absolute atomic E-state index is 0.184. The zero-order chi connectivity index (χ0) is 34.0. The van der Waals surface area contributed by atoms with E-state index in [-0.39, 0.29) is 11.5 Å². The molecule has 0 bridgehead atoms. The summed E-state index contributed by atoms with van der Waals surface area (Å²) in [6.07, 6.45) is 1.65. The largest absolute Gasteiger partial charge is 0.383 e. The van der Waals surface area contributed by atoms with Crippen LogP contribution in [0, 0.1) is 0 Å². The van der Waals surface area contributed by atoms with Crippen molar-refractivity contribution < 1.29 is 4.79 Å². The number of amides is 1. The summed E-state index contributed by atoms with van der Waals surface area (Å²) in [6, 6.07) is 43.6. The van der Waals surface area contributed by atoms with Crippen molar-refractivity contribution in [1.29, 1.82) is 0 Å². The van der Waals surface area contributed by atoms with Crippen molar-refractivity contribution in [3.8, 4) is 45.3 Å². The molecule has 4 aromatic heterocycles. The third-order valence-corrected chi connectivity index (χ3v) is 8.49. The van der Waals surface area contributed by atoms with E-state index in [1.807, 2.05) is 114 Å². The lowest BCUT2D eigenvalue weighted by molar-refractivity contribution is 0.0951. The van der Waals surface area contributed by atoms with Gasteiger partial charge in [0.25, 0.3) is 11.5 Å². The van der Waals surface area contributed by atoms with Crippen molar-refractivity contribution >= 4 is 22.9 Å². The van der Waals surface area contributed by atoms with Crippen LogP contribution in [-0.2, 0) is 6.54 Å². The Hall–Kier alpha value is -7.07. The molecular weight excluding hydrogens is 624 g/mol. The molecule has 4 N–H and O–H groups in total. The summed E-state index contributed by atoms with van der Waals surface area (Å²) in [5.41, 5.74) is 14.6. The smallest absolute Gasteiger partial charge is 0.271 e. The molecule has 0 saturated carbocycles. The van der Waals surface area contributed by atoms with Crippen LogP contribution in [0.1, 0.15) is 15.9 Å². The fraction of sp³-hybridized carbons (Fsp3) is 0.0250. The number of benzene rings is 4. The molecule has 10 heteroatoms. The van der Waals surface area contributed by atoms with Crippen LogP contribution in [0.4, 0.5) is 5.82 Å². The van der Waals surface area contributed by atoms with Crippen LogP contribution < -0.4 is 16.6 Å². The second kappa shape index (κ2) is 12.9. The fourth-order valence-corrected chi connectivity index (χ4v) is 5.92. The highest BCUT2D eigenvalue weighted by molar-refractivity contribution is 5.94. The number of anilines is 1. The highest BCUT2D eigenvalue weighted by Gasteiger charge is 2.19. The average Bonchev–Trinajstić information content (AvgIpc) is 3.75. The number of nitrogens with one attached hydrogen (secondary N) is 2. The van der Waals surface area contributed by atoms with Gasteiger partial charge in [0.2, 0.25) is 0 Å². The molecule has 0 unspecified atom stereocenters. The van der Waals surface area contributed by atoms with Crippen molar-refractivity contribution in [2.45, 2.75) is 6.54 Å². The molecule has 1 amide bonds. The maximum atomic E-state index is 13.1. The van der Waals surface area contributed by atoms with Gasteiger partial charge in [-0.2, -0.15) is 0 Å². The molecule has 0 spiro atoms. The number of fused-ring (bicyclic) bond motifs is 1. The van der Waals surface area contributed by atoms with E-state index in [1.165, 1.54) is 4.68 Å². The Bertz CT molecular complexity index is 2520. The summed E-state index contributed by atoms with van der Waals surface area (Å²) in [5, 5.41) is 6.14. The number of nitrogens with two attached hydrogens (primary N) is 1. The van der Waals surface area contributed by atoms with Gasteiger partial charge in [0.15, 0.2) is 11.5 Å². The second-order valence-electron chi connectivity index (χ2n) is 11.7. The molecule has 4 aromatic carbocycles. The van der Waals surface area contributed by atoms with Gasteiger partial charge in [0.05, 0.1) is 22.6 Å². The molecule has 0 saturated heterocycles. The summed E-state index contributed by atoms with van der Waals surface area (Å²) in [7, 11) is 0. The zero-order valence-corrected chi connectivity index (χ0v) is 26.7. The molecule has 0 radical (unpaired) electrons. The zero-order valence-electron chi connectivity index (χ0n) is 26.7. The molecule has 242 valence electrons. The van der Waals surface area contributed by atoms with Gasteiger partial charge in [0, 0.05) is 35.6 Å². The van der Waals surface area contributed by atoms with Gasteiger partial charge in [-0.05, 0) is 71.8 Å². The van der Waals surface area contributed by atoms with E-state index in [4.69, 9.17) is 15.7 Å². The molecule has 0 aliphatic heterocycles. The lowest BCUT2D eigenvalue weighted by atomic mass is 10.1. The molecule has 0 fully saturated rings. The van der Waals surface area contributed by atoms with E-state index in [0.717, 1.165) is 39.3 Å². The van der Waals surface area contributed by atoms with Gasteiger partial charge in [-0.15, -0.1) is 0 Å². The minimum Gasteiger partial charge on any atom is -0.383 e. The molecule has 8 aromatic rings. The van der Waals surface area contributed by atoms with E-state index in [1.54, 1.807) is 36.5 Å². The number of imidazole rings is 1. The Balaban J connectivity index is 1.02. The highest BCUT2D eigenvalue weighted by Crippen LogP contribution is 2.32. The SMILES string of the molecule is Nc1ncccc1-c1nc2ccc(-c3ccccc3)nc2n1-c1ccc(CNC(=O)c2ccc(-n3[nH]c(-c4ccccc4)cc3=O)cc2)cc1. The highest BCUT2D eigenvalue weighted by atomic mass is 16.1. The summed E-state index contributed by atoms with van der Waals surface area (Å²) in [5.74, 6) is 0.777. The van der Waals surface area contributed by atoms with Crippen LogP contribution in [0.25, 0.3) is 56.4 Å². The summed E-state index contributed by atoms with van der Waals surface area (Å²) < 4.78 is 3.44. The number of rotatable bonds is 8. The minimum atomic E-state index is -0.225. The van der Waals surface area contributed by atoms with Gasteiger partial charge < -0.3 is 11.1 Å². The number of carbonyl (C=O) groups excluding carboxylic acids is 1. The molecular formula is C40H30N8O2. The molecule has 10 nitrogen and oxygen atoms in total. The number of H-pyrrole nitrogens is 1. The fourth-order valence-electron chi connectivity index (χ4n) is 5.92. The first kappa shape index (κ1) is 30.3. The van der Waals surface area contributed by atoms with Crippen molar-refractivity contribution in [2.24, 2.45) is 0 Å². The van der Waals surface area contributed by atoms with E-state index < -0.39 is 0 Å². The van der Waals surface area contributed by atoms with Crippen molar-refractivity contribution in [3.05, 3.63) is 167 Å². The number of nitrogens with zero attached hydrogens (tertiary/aromatic N) is 5. The van der Waals surface area contributed by atoms with E-state index in [0.29, 0.717) is 40.6 Å². The maximum absolute atomic E-state index is 13.1.